The minimum atomic E-state index is -1.74. The van der Waals surface area contributed by atoms with Gasteiger partial charge in [-0.3, -0.25) is 14.4 Å². The second-order valence-corrected chi connectivity index (χ2v) is 4.59. The summed E-state index contributed by atoms with van der Waals surface area (Å²) in [4.78, 5) is 34.4. The number of esters is 1. The van der Waals surface area contributed by atoms with Crippen LogP contribution in [0, 0.1) is 17.5 Å². The average Bonchev–Trinajstić information content (AvgIpc) is 3.13. The Balaban J connectivity index is 1.77. The van der Waals surface area contributed by atoms with Crippen LogP contribution >= 0.6 is 0 Å². The van der Waals surface area contributed by atoms with E-state index >= 15 is 0 Å². The molecule has 0 atom stereocenters. The Morgan fingerprint density at radius 3 is 2.52 bits per heavy atom. The molecule has 0 unspecified atom stereocenters. The maximum Gasteiger partial charge on any atom is 0.325 e. The standard InChI is InChI=1S/C15H11F3N2O5/c16-8-3-4-9(14(18)13(8)17)20-11(21)7-25-12(22)6-19-15(23)10-2-1-5-24-10/h1-5H,6-7H2,(H,19,23)(H,20,21). The monoisotopic (exact) mass is 356 g/mol. The summed E-state index contributed by atoms with van der Waals surface area (Å²) in [5, 5.41) is 4.11. The molecule has 0 aliphatic rings. The minimum absolute atomic E-state index is 0.0145. The number of amides is 2. The lowest BCUT2D eigenvalue weighted by Gasteiger charge is -2.08. The lowest BCUT2D eigenvalue weighted by atomic mass is 10.3. The van der Waals surface area contributed by atoms with Crippen molar-refractivity contribution in [1.29, 1.82) is 0 Å². The number of ether oxygens (including phenoxy) is 1. The Morgan fingerprint density at radius 2 is 1.84 bits per heavy atom. The first-order chi connectivity index (χ1) is 11.9. The maximum absolute atomic E-state index is 13.4. The van der Waals surface area contributed by atoms with E-state index in [0.29, 0.717) is 6.07 Å². The predicted molar refractivity (Wildman–Crippen MR) is 76.9 cm³/mol. The van der Waals surface area contributed by atoms with Crippen LogP contribution in [0.2, 0.25) is 0 Å². The second kappa shape index (κ2) is 7.99. The fourth-order valence-electron chi connectivity index (χ4n) is 1.65. The Labute approximate surface area is 138 Å². The molecule has 0 radical (unpaired) electrons. The molecule has 0 spiro atoms. The maximum atomic E-state index is 13.4. The summed E-state index contributed by atoms with van der Waals surface area (Å²) in [6, 6.07) is 4.31. The molecule has 0 fully saturated rings. The number of hydrogen-bond acceptors (Lipinski definition) is 5. The van der Waals surface area contributed by atoms with Gasteiger partial charge in [0.15, 0.2) is 29.8 Å². The number of hydrogen-bond donors (Lipinski definition) is 2. The fraction of sp³-hybridized carbons (Fsp3) is 0.133. The van der Waals surface area contributed by atoms with Gasteiger partial charge in [0.25, 0.3) is 11.8 Å². The smallest absolute Gasteiger partial charge is 0.325 e. The third-order valence-corrected chi connectivity index (χ3v) is 2.81. The van der Waals surface area contributed by atoms with Crippen molar-refractivity contribution in [2.45, 2.75) is 0 Å². The third-order valence-electron chi connectivity index (χ3n) is 2.81. The first kappa shape index (κ1) is 18.0. The molecule has 1 aromatic carbocycles. The molecular formula is C15H11F3N2O5. The molecule has 25 heavy (non-hydrogen) atoms. The van der Waals surface area contributed by atoms with E-state index < -0.39 is 54.1 Å². The molecule has 0 saturated carbocycles. The third kappa shape index (κ3) is 4.83. The second-order valence-electron chi connectivity index (χ2n) is 4.59. The van der Waals surface area contributed by atoms with Gasteiger partial charge in [-0.1, -0.05) is 0 Å². The van der Waals surface area contributed by atoms with Gasteiger partial charge in [0.05, 0.1) is 12.0 Å². The zero-order valence-corrected chi connectivity index (χ0v) is 12.5. The van der Waals surface area contributed by atoms with Gasteiger partial charge >= 0.3 is 5.97 Å². The number of benzene rings is 1. The van der Waals surface area contributed by atoms with Crippen molar-refractivity contribution in [3.8, 4) is 0 Å². The molecule has 2 N–H and O–H groups in total. The molecule has 0 saturated heterocycles. The van der Waals surface area contributed by atoms with Crippen LogP contribution in [0.25, 0.3) is 0 Å². The molecule has 0 aliphatic heterocycles. The lowest BCUT2D eigenvalue weighted by Crippen LogP contribution is -2.32. The molecule has 2 aromatic rings. The van der Waals surface area contributed by atoms with Crippen LogP contribution < -0.4 is 10.6 Å². The Hall–Kier alpha value is -3.30. The molecule has 2 rings (SSSR count). The van der Waals surface area contributed by atoms with Gasteiger partial charge in [-0.2, -0.15) is 0 Å². The highest BCUT2D eigenvalue weighted by Crippen LogP contribution is 2.19. The normalized spacial score (nSPS) is 10.2. The van der Waals surface area contributed by atoms with Gasteiger partial charge < -0.3 is 19.8 Å². The number of halogens is 3. The van der Waals surface area contributed by atoms with Crippen LogP contribution in [-0.2, 0) is 14.3 Å². The summed E-state index contributed by atoms with van der Waals surface area (Å²) in [5.41, 5.74) is -0.605. The number of rotatable bonds is 6. The summed E-state index contributed by atoms with van der Waals surface area (Å²) >= 11 is 0. The molecule has 7 nitrogen and oxygen atoms in total. The predicted octanol–water partition coefficient (Wildman–Crippen LogP) is 1.61. The van der Waals surface area contributed by atoms with E-state index in [0.717, 1.165) is 6.07 Å². The van der Waals surface area contributed by atoms with E-state index in [9.17, 15) is 27.6 Å². The van der Waals surface area contributed by atoms with Crippen molar-refractivity contribution in [3.05, 3.63) is 53.7 Å². The average molecular weight is 356 g/mol. The zero-order valence-electron chi connectivity index (χ0n) is 12.5. The van der Waals surface area contributed by atoms with E-state index in [1.54, 1.807) is 0 Å². The van der Waals surface area contributed by atoms with Crippen LogP contribution in [0.4, 0.5) is 18.9 Å². The highest BCUT2D eigenvalue weighted by atomic mass is 19.2. The number of nitrogens with one attached hydrogen (secondary N) is 2. The zero-order chi connectivity index (χ0) is 18.4. The van der Waals surface area contributed by atoms with Gasteiger partial charge in [0, 0.05) is 0 Å². The number of carbonyl (C=O) groups excluding carboxylic acids is 3. The lowest BCUT2D eigenvalue weighted by molar-refractivity contribution is -0.146. The molecule has 132 valence electrons. The first-order valence-corrected chi connectivity index (χ1v) is 6.79. The highest BCUT2D eigenvalue weighted by Gasteiger charge is 2.16. The molecule has 0 bridgehead atoms. The van der Waals surface area contributed by atoms with Crippen molar-refractivity contribution in [2.75, 3.05) is 18.5 Å². The summed E-state index contributed by atoms with van der Waals surface area (Å²) in [6.07, 6.45) is 1.27. The molecule has 1 aromatic heterocycles. The van der Waals surface area contributed by atoms with Crippen LogP contribution in [0.3, 0.4) is 0 Å². The van der Waals surface area contributed by atoms with Crippen molar-refractivity contribution in [3.63, 3.8) is 0 Å². The van der Waals surface area contributed by atoms with E-state index in [1.807, 2.05) is 5.32 Å². The molecular weight excluding hydrogens is 345 g/mol. The quantitative estimate of drug-likeness (QED) is 0.605. The Bertz CT molecular complexity index is 793. The summed E-state index contributed by atoms with van der Waals surface area (Å²) < 4.78 is 48.5. The summed E-state index contributed by atoms with van der Waals surface area (Å²) in [5.74, 6) is -7.32. The van der Waals surface area contributed by atoms with Gasteiger partial charge in [-0.05, 0) is 24.3 Å². The van der Waals surface area contributed by atoms with Crippen LogP contribution in [-0.4, -0.2) is 30.9 Å². The van der Waals surface area contributed by atoms with Crippen molar-refractivity contribution < 1.29 is 36.7 Å². The van der Waals surface area contributed by atoms with Crippen LogP contribution in [0.15, 0.2) is 34.9 Å². The van der Waals surface area contributed by atoms with Gasteiger partial charge in [-0.25, -0.2) is 13.2 Å². The molecule has 1 heterocycles. The van der Waals surface area contributed by atoms with Crippen molar-refractivity contribution >= 4 is 23.5 Å². The van der Waals surface area contributed by atoms with Crippen LogP contribution in [0.1, 0.15) is 10.6 Å². The minimum Gasteiger partial charge on any atom is -0.459 e. The number of furan rings is 1. The Kier molecular flexibility index (Phi) is 5.77. The van der Waals surface area contributed by atoms with E-state index in [1.165, 1.54) is 18.4 Å². The summed E-state index contributed by atoms with van der Waals surface area (Å²) in [7, 11) is 0. The molecule has 10 heteroatoms. The van der Waals surface area contributed by atoms with Gasteiger partial charge in [-0.15, -0.1) is 0 Å². The van der Waals surface area contributed by atoms with Crippen LogP contribution in [0.5, 0.6) is 0 Å². The fourth-order valence-corrected chi connectivity index (χ4v) is 1.65. The van der Waals surface area contributed by atoms with Gasteiger partial charge in [0.2, 0.25) is 0 Å². The largest absolute Gasteiger partial charge is 0.459 e. The Morgan fingerprint density at radius 1 is 1.08 bits per heavy atom. The first-order valence-electron chi connectivity index (χ1n) is 6.79. The van der Waals surface area contributed by atoms with E-state index in [4.69, 9.17) is 4.42 Å². The van der Waals surface area contributed by atoms with E-state index in [-0.39, 0.29) is 5.76 Å². The molecule has 0 aliphatic carbocycles. The summed E-state index contributed by atoms with van der Waals surface area (Å²) in [6.45, 7) is -1.35. The van der Waals surface area contributed by atoms with Gasteiger partial charge in [0.1, 0.15) is 6.54 Å². The van der Waals surface area contributed by atoms with Crippen molar-refractivity contribution in [2.24, 2.45) is 0 Å². The van der Waals surface area contributed by atoms with Crippen molar-refractivity contribution in [1.82, 2.24) is 5.32 Å². The molecule has 2 amide bonds. The van der Waals surface area contributed by atoms with E-state index in [2.05, 4.69) is 10.1 Å². The number of carbonyl (C=O) groups is 3. The highest BCUT2D eigenvalue weighted by molar-refractivity contribution is 5.95. The number of anilines is 1. The topological polar surface area (TPSA) is 97.6 Å². The SMILES string of the molecule is O=C(COC(=O)CNC(=O)c1ccco1)Nc1ccc(F)c(F)c1F.